The summed E-state index contributed by atoms with van der Waals surface area (Å²) in [6, 6.07) is 9.95. The van der Waals surface area contributed by atoms with Crippen LogP contribution in [0.5, 0.6) is 11.5 Å². The summed E-state index contributed by atoms with van der Waals surface area (Å²) in [5, 5.41) is 4.14. The van der Waals surface area contributed by atoms with Gasteiger partial charge >= 0.3 is 0 Å². The van der Waals surface area contributed by atoms with Crippen LogP contribution in [0.25, 0.3) is 0 Å². The fourth-order valence-corrected chi connectivity index (χ4v) is 3.08. The minimum absolute atomic E-state index is 0.0270. The largest absolute Gasteiger partial charge is 0.454 e. The Balaban J connectivity index is 1.58. The number of benzene rings is 2. The van der Waals surface area contributed by atoms with E-state index in [-0.39, 0.29) is 11.9 Å². The lowest BCUT2D eigenvalue weighted by Crippen LogP contribution is -2.33. The zero-order valence-corrected chi connectivity index (χ0v) is 15.2. The molecule has 0 aliphatic carbocycles. The van der Waals surface area contributed by atoms with Gasteiger partial charge < -0.3 is 14.2 Å². The molecule has 28 heavy (non-hydrogen) atoms. The number of hydrogen-bond donors (Lipinski definition) is 0. The van der Waals surface area contributed by atoms with Crippen LogP contribution in [0.1, 0.15) is 18.9 Å². The summed E-state index contributed by atoms with van der Waals surface area (Å²) in [5.74, 6) is -2.02. The maximum atomic E-state index is 13.8. The van der Waals surface area contributed by atoms with E-state index >= 15 is 0 Å². The maximum Gasteiger partial charge on any atom is 0.215 e. The van der Waals surface area contributed by atoms with Crippen LogP contribution >= 0.6 is 0 Å². The van der Waals surface area contributed by atoms with Gasteiger partial charge in [0.1, 0.15) is 30.8 Å². The highest BCUT2D eigenvalue weighted by Gasteiger charge is 2.43. The lowest BCUT2D eigenvalue weighted by molar-refractivity contribution is -0.188. The van der Waals surface area contributed by atoms with E-state index in [0.717, 1.165) is 30.2 Å². The molecule has 2 heterocycles. The second kappa shape index (κ2) is 7.65. The average molecular weight is 387 g/mol. The molecular formula is C20H19F2N3O3. The number of rotatable bonds is 6. The Hall–Kier alpha value is -2.84. The van der Waals surface area contributed by atoms with Crippen LogP contribution in [0.3, 0.4) is 0 Å². The van der Waals surface area contributed by atoms with Crippen molar-refractivity contribution in [2.75, 3.05) is 6.61 Å². The molecule has 6 nitrogen and oxygen atoms in total. The quantitative estimate of drug-likeness (QED) is 0.639. The van der Waals surface area contributed by atoms with E-state index in [1.807, 2.05) is 6.92 Å². The Bertz CT molecular complexity index is 934. The summed E-state index contributed by atoms with van der Waals surface area (Å²) in [7, 11) is 0. The van der Waals surface area contributed by atoms with E-state index in [0.29, 0.717) is 18.9 Å². The summed E-state index contributed by atoms with van der Waals surface area (Å²) in [5.41, 5.74) is 0.769. The van der Waals surface area contributed by atoms with E-state index in [9.17, 15) is 8.78 Å². The molecular weight excluding hydrogens is 368 g/mol. The third-order valence-electron chi connectivity index (χ3n) is 4.57. The van der Waals surface area contributed by atoms with E-state index in [2.05, 4.69) is 10.1 Å². The fourth-order valence-electron chi connectivity index (χ4n) is 3.08. The summed E-state index contributed by atoms with van der Waals surface area (Å²) in [6.07, 6.45) is 3.84. The van der Waals surface area contributed by atoms with Crippen molar-refractivity contribution < 1.29 is 23.0 Å². The molecule has 146 valence electrons. The van der Waals surface area contributed by atoms with E-state index in [4.69, 9.17) is 14.2 Å². The van der Waals surface area contributed by atoms with Gasteiger partial charge in [0.15, 0.2) is 11.6 Å². The predicted molar refractivity (Wildman–Crippen MR) is 95.7 cm³/mol. The van der Waals surface area contributed by atoms with Crippen LogP contribution < -0.4 is 4.74 Å². The predicted octanol–water partition coefficient (Wildman–Crippen LogP) is 4.03. The molecule has 0 radical (unpaired) electrons. The molecule has 1 aromatic heterocycles. The number of ether oxygens (including phenoxy) is 3. The van der Waals surface area contributed by atoms with E-state index < -0.39 is 17.4 Å². The van der Waals surface area contributed by atoms with Gasteiger partial charge in [0.25, 0.3) is 0 Å². The Morgan fingerprint density at radius 3 is 2.71 bits per heavy atom. The topological polar surface area (TPSA) is 58.4 Å². The normalized spacial score (nSPS) is 21.8. The fraction of sp³-hybridized carbons (Fsp3) is 0.300. The first-order valence-corrected chi connectivity index (χ1v) is 8.95. The van der Waals surface area contributed by atoms with Crippen molar-refractivity contribution in [1.82, 2.24) is 14.8 Å². The highest BCUT2D eigenvalue weighted by atomic mass is 19.1. The third-order valence-corrected chi connectivity index (χ3v) is 4.57. The van der Waals surface area contributed by atoms with Crippen LogP contribution in [0, 0.1) is 11.6 Å². The van der Waals surface area contributed by atoms with Crippen molar-refractivity contribution >= 4 is 0 Å². The smallest absolute Gasteiger partial charge is 0.215 e. The SMILES string of the molecule is CCC1COC(Cn2cncn2)(c2ccc(Oc3cc(F)ccc3F)cc2)O1. The summed E-state index contributed by atoms with van der Waals surface area (Å²) in [6.45, 7) is 2.84. The highest BCUT2D eigenvalue weighted by Crippen LogP contribution is 2.38. The molecule has 1 saturated heterocycles. The summed E-state index contributed by atoms with van der Waals surface area (Å²) < 4.78 is 46.4. The Morgan fingerprint density at radius 1 is 1.21 bits per heavy atom. The monoisotopic (exact) mass is 387 g/mol. The zero-order chi connectivity index (χ0) is 19.6. The van der Waals surface area contributed by atoms with Gasteiger partial charge in [0.05, 0.1) is 12.7 Å². The molecule has 1 aliphatic heterocycles. The van der Waals surface area contributed by atoms with Gasteiger partial charge in [-0.1, -0.05) is 6.92 Å². The second-order valence-corrected chi connectivity index (χ2v) is 6.51. The minimum Gasteiger partial charge on any atom is -0.454 e. The summed E-state index contributed by atoms with van der Waals surface area (Å²) in [4.78, 5) is 3.96. The first-order chi connectivity index (χ1) is 13.6. The molecule has 2 aromatic carbocycles. The number of hydrogen-bond acceptors (Lipinski definition) is 5. The molecule has 1 fully saturated rings. The van der Waals surface area contributed by atoms with Gasteiger partial charge in [0.2, 0.25) is 5.79 Å². The molecule has 0 N–H and O–H groups in total. The van der Waals surface area contributed by atoms with Crippen molar-refractivity contribution in [2.45, 2.75) is 31.8 Å². The minimum atomic E-state index is -1.00. The van der Waals surface area contributed by atoms with Crippen molar-refractivity contribution in [3.63, 3.8) is 0 Å². The molecule has 0 amide bonds. The molecule has 4 rings (SSSR count). The van der Waals surface area contributed by atoms with Crippen molar-refractivity contribution in [3.05, 3.63) is 72.3 Å². The van der Waals surface area contributed by atoms with E-state index in [1.165, 1.54) is 6.33 Å². The highest BCUT2D eigenvalue weighted by molar-refractivity contribution is 5.35. The molecule has 3 aromatic rings. The molecule has 0 spiro atoms. The van der Waals surface area contributed by atoms with Crippen LogP contribution in [-0.2, 0) is 21.8 Å². The van der Waals surface area contributed by atoms with Gasteiger partial charge in [-0.2, -0.15) is 5.10 Å². The Kier molecular flexibility index (Phi) is 5.06. The molecule has 0 saturated carbocycles. The molecule has 1 aliphatic rings. The number of halogens is 2. The third kappa shape index (κ3) is 3.74. The molecule has 0 bridgehead atoms. The molecule has 2 unspecified atom stereocenters. The summed E-state index contributed by atoms with van der Waals surface area (Å²) >= 11 is 0. The lowest BCUT2D eigenvalue weighted by Gasteiger charge is -2.28. The van der Waals surface area contributed by atoms with Gasteiger partial charge in [-0.3, -0.25) is 0 Å². The van der Waals surface area contributed by atoms with Crippen LogP contribution in [0.4, 0.5) is 8.78 Å². The van der Waals surface area contributed by atoms with Crippen molar-refractivity contribution in [2.24, 2.45) is 0 Å². The lowest BCUT2D eigenvalue weighted by atomic mass is 10.1. The molecule has 2 atom stereocenters. The van der Waals surface area contributed by atoms with E-state index in [1.54, 1.807) is 35.3 Å². The second-order valence-electron chi connectivity index (χ2n) is 6.51. The first-order valence-electron chi connectivity index (χ1n) is 8.95. The average Bonchev–Trinajstić information content (AvgIpc) is 3.36. The maximum absolute atomic E-state index is 13.8. The van der Waals surface area contributed by atoms with Crippen LogP contribution in [0.2, 0.25) is 0 Å². The van der Waals surface area contributed by atoms with Gasteiger partial charge in [-0.25, -0.2) is 18.4 Å². The standard InChI is InChI=1S/C20H19F2N3O3/c1-2-16-10-26-20(28-16,11-25-13-23-12-24-25)14-3-6-17(7-4-14)27-19-9-15(21)5-8-18(19)22/h3-9,12-13,16H,2,10-11H2,1H3. The van der Waals surface area contributed by atoms with Crippen LogP contribution in [-0.4, -0.2) is 27.5 Å². The van der Waals surface area contributed by atoms with Crippen molar-refractivity contribution in [1.29, 1.82) is 0 Å². The van der Waals surface area contributed by atoms with Gasteiger partial charge in [-0.15, -0.1) is 0 Å². The number of aromatic nitrogens is 3. The van der Waals surface area contributed by atoms with Gasteiger partial charge in [-0.05, 0) is 42.8 Å². The number of nitrogens with zero attached hydrogens (tertiary/aromatic N) is 3. The Morgan fingerprint density at radius 2 is 2.04 bits per heavy atom. The molecule has 8 heteroatoms. The Labute approximate surface area is 160 Å². The van der Waals surface area contributed by atoms with Crippen molar-refractivity contribution in [3.8, 4) is 11.5 Å². The van der Waals surface area contributed by atoms with Crippen LogP contribution in [0.15, 0.2) is 55.1 Å². The zero-order valence-electron chi connectivity index (χ0n) is 15.2. The first kappa shape index (κ1) is 18.5. The van der Waals surface area contributed by atoms with Gasteiger partial charge in [0, 0.05) is 11.6 Å².